The number of fused-ring (bicyclic) bond motifs is 1. The number of nitro benzene ring substituents is 1. The first-order valence-corrected chi connectivity index (χ1v) is 8.71. The van der Waals surface area contributed by atoms with Crippen LogP contribution in [0.3, 0.4) is 0 Å². The van der Waals surface area contributed by atoms with Gasteiger partial charge in [-0.25, -0.2) is 0 Å². The van der Waals surface area contributed by atoms with Crippen LogP contribution >= 0.6 is 0 Å². The second-order valence-corrected chi connectivity index (χ2v) is 6.72. The predicted octanol–water partition coefficient (Wildman–Crippen LogP) is 2.72. The highest BCUT2D eigenvalue weighted by molar-refractivity contribution is 5.87. The molecule has 3 atom stereocenters. The smallest absolute Gasteiger partial charge is 0.269 e. The Morgan fingerprint density at radius 1 is 1.28 bits per heavy atom. The number of rotatable bonds is 4. The molecule has 0 unspecified atom stereocenters. The van der Waals surface area contributed by atoms with Crippen molar-refractivity contribution in [1.82, 2.24) is 4.90 Å². The molecule has 1 aromatic carbocycles. The van der Waals surface area contributed by atoms with Crippen LogP contribution in [-0.2, 0) is 9.59 Å². The summed E-state index contributed by atoms with van der Waals surface area (Å²) >= 11 is 0. The number of hydrogen-bond donors (Lipinski definition) is 0. The molecule has 1 saturated carbocycles. The van der Waals surface area contributed by atoms with Crippen molar-refractivity contribution in [2.75, 3.05) is 6.54 Å². The normalized spacial score (nSPS) is 24.4. The van der Waals surface area contributed by atoms with E-state index in [0.717, 1.165) is 25.7 Å². The highest BCUT2D eigenvalue weighted by Crippen LogP contribution is 2.34. The molecule has 1 heterocycles. The third-order valence-corrected chi connectivity index (χ3v) is 5.13. The number of nitrogens with zero attached hydrogens (tertiary/aromatic N) is 2. The van der Waals surface area contributed by atoms with Crippen molar-refractivity contribution in [2.45, 2.75) is 51.2 Å². The molecule has 1 aromatic rings. The fourth-order valence-electron chi connectivity index (χ4n) is 3.85. The van der Waals surface area contributed by atoms with Crippen molar-refractivity contribution >= 4 is 17.4 Å². The minimum absolute atomic E-state index is 0.00888. The summed E-state index contributed by atoms with van der Waals surface area (Å²) in [6.07, 6.45) is 3.53. The number of piperidine rings is 1. The van der Waals surface area contributed by atoms with Crippen LogP contribution < -0.4 is 4.74 Å². The van der Waals surface area contributed by atoms with E-state index in [4.69, 9.17) is 4.74 Å². The second kappa shape index (κ2) is 7.21. The van der Waals surface area contributed by atoms with Crippen molar-refractivity contribution in [3.8, 4) is 5.75 Å². The molecule has 0 aromatic heterocycles. The molecular formula is C18H22N2O5. The predicted molar refractivity (Wildman–Crippen MR) is 90.3 cm³/mol. The van der Waals surface area contributed by atoms with Crippen LogP contribution in [0.4, 0.5) is 5.69 Å². The SMILES string of the molecule is C[C@H](Oc1ccc([N+](=O)[O-])cc1)C(=O)N1CCC(=O)[C@H]2CCCC[C@@H]21. The summed E-state index contributed by atoms with van der Waals surface area (Å²) in [6.45, 7) is 2.13. The van der Waals surface area contributed by atoms with Gasteiger partial charge in [-0.1, -0.05) is 12.8 Å². The maximum Gasteiger partial charge on any atom is 0.269 e. The van der Waals surface area contributed by atoms with Crippen molar-refractivity contribution < 1.29 is 19.2 Å². The maximum absolute atomic E-state index is 12.8. The van der Waals surface area contributed by atoms with E-state index in [9.17, 15) is 19.7 Å². The minimum Gasteiger partial charge on any atom is -0.481 e. The number of hydrogen-bond acceptors (Lipinski definition) is 5. The van der Waals surface area contributed by atoms with Crippen LogP contribution in [0.25, 0.3) is 0 Å². The molecule has 3 rings (SSSR count). The lowest BCUT2D eigenvalue weighted by Crippen LogP contribution is -2.56. The Labute approximate surface area is 146 Å². The summed E-state index contributed by atoms with van der Waals surface area (Å²) in [6, 6.07) is 5.67. The molecule has 1 aliphatic heterocycles. The third-order valence-electron chi connectivity index (χ3n) is 5.13. The van der Waals surface area contributed by atoms with Crippen LogP contribution in [0.2, 0.25) is 0 Å². The highest BCUT2D eigenvalue weighted by Gasteiger charge is 2.41. The van der Waals surface area contributed by atoms with Crippen LogP contribution in [0.15, 0.2) is 24.3 Å². The number of ether oxygens (including phenoxy) is 1. The van der Waals surface area contributed by atoms with Gasteiger partial charge in [0.25, 0.3) is 11.6 Å². The first-order valence-electron chi connectivity index (χ1n) is 8.71. The van der Waals surface area contributed by atoms with Gasteiger partial charge in [-0.15, -0.1) is 0 Å². The molecule has 1 saturated heterocycles. The summed E-state index contributed by atoms with van der Waals surface area (Å²) in [5, 5.41) is 10.7. The first kappa shape index (κ1) is 17.4. The maximum atomic E-state index is 12.8. The molecule has 7 heteroatoms. The fourth-order valence-corrected chi connectivity index (χ4v) is 3.85. The molecule has 0 bridgehead atoms. The molecule has 0 spiro atoms. The van der Waals surface area contributed by atoms with Gasteiger partial charge in [0.2, 0.25) is 0 Å². The number of ketones is 1. The molecule has 25 heavy (non-hydrogen) atoms. The van der Waals surface area contributed by atoms with Gasteiger partial charge < -0.3 is 9.64 Å². The van der Waals surface area contributed by atoms with E-state index in [1.54, 1.807) is 11.8 Å². The first-order chi connectivity index (χ1) is 12.0. The third kappa shape index (κ3) is 3.65. The van der Waals surface area contributed by atoms with E-state index in [1.807, 2.05) is 0 Å². The molecular weight excluding hydrogens is 324 g/mol. The largest absolute Gasteiger partial charge is 0.481 e. The Kier molecular flexibility index (Phi) is 5.01. The van der Waals surface area contributed by atoms with Gasteiger partial charge in [0.15, 0.2) is 6.10 Å². The van der Waals surface area contributed by atoms with Crippen molar-refractivity contribution in [3.05, 3.63) is 34.4 Å². The highest BCUT2D eigenvalue weighted by atomic mass is 16.6. The van der Waals surface area contributed by atoms with Gasteiger partial charge in [0, 0.05) is 37.1 Å². The molecule has 1 amide bonds. The average Bonchev–Trinajstić information content (AvgIpc) is 2.62. The standard InChI is InChI=1S/C18H22N2O5/c1-12(25-14-8-6-13(7-9-14)20(23)24)18(22)19-11-10-17(21)15-4-2-3-5-16(15)19/h6-9,12,15-16H,2-5,10-11H2,1H3/t12-,15-,16-/m0/s1. The van der Waals surface area contributed by atoms with Crippen molar-refractivity contribution in [3.63, 3.8) is 0 Å². The fraction of sp³-hybridized carbons (Fsp3) is 0.556. The molecule has 2 aliphatic rings. The van der Waals surface area contributed by atoms with Crippen molar-refractivity contribution in [2.24, 2.45) is 5.92 Å². The van der Waals surface area contributed by atoms with E-state index >= 15 is 0 Å². The Morgan fingerprint density at radius 3 is 2.64 bits per heavy atom. The zero-order chi connectivity index (χ0) is 18.0. The van der Waals surface area contributed by atoms with E-state index in [1.165, 1.54) is 24.3 Å². The summed E-state index contributed by atoms with van der Waals surface area (Å²) < 4.78 is 5.67. The lowest BCUT2D eigenvalue weighted by molar-refractivity contribution is -0.384. The van der Waals surface area contributed by atoms with Crippen LogP contribution in [-0.4, -0.2) is 40.2 Å². The number of carbonyl (C=O) groups excluding carboxylic acids is 2. The van der Waals surface area contributed by atoms with Gasteiger partial charge in [-0.2, -0.15) is 0 Å². The van der Waals surface area contributed by atoms with Crippen LogP contribution in [0.5, 0.6) is 5.75 Å². The zero-order valence-electron chi connectivity index (χ0n) is 14.2. The minimum atomic E-state index is -0.697. The lowest BCUT2D eigenvalue weighted by atomic mass is 9.77. The van der Waals surface area contributed by atoms with E-state index in [-0.39, 0.29) is 29.3 Å². The van der Waals surface area contributed by atoms with Gasteiger partial charge in [0.1, 0.15) is 11.5 Å². The van der Waals surface area contributed by atoms with Crippen LogP contribution in [0.1, 0.15) is 39.0 Å². The monoisotopic (exact) mass is 346 g/mol. The molecule has 2 fully saturated rings. The van der Waals surface area contributed by atoms with Crippen molar-refractivity contribution in [1.29, 1.82) is 0 Å². The van der Waals surface area contributed by atoms with E-state index in [2.05, 4.69) is 0 Å². The number of nitro groups is 1. The number of Topliss-reactive ketones (excluding diaryl/α,β-unsaturated/α-hetero) is 1. The van der Waals surface area contributed by atoms with Gasteiger partial charge in [-0.05, 0) is 31.9 Å². The quantitative estimate of drug-likeness (QED) is 0.618. The Hall–Kier alpha value is -2.44. The molecule has 0 radical (unpaired) electrons. The number of carbonyl (C=O) groups is 2. The Bertz CT molecular complexity index is 673. The summed E-state index contributed by atoms with van der Waals surface area (Å²) in [5.74, 6) is 0.540. The Balaban J connectivity index is 1.67. The van der Waals surface area contributed by atoms with Crippen LogP contribution in [0, 0.1) is 16.0 Å². The number of benzene rings is 1. The Morgan fingerprint density at radius 2 is 1.96 bits per heavy atom. The zero-order valence-corrected chi connectivity index (χ0v) is 14.2. The van der Waals surface area contributed by atoms with E-state index < -0.39 is 11.0 Å². The second-order valence-electron chi connectivity index (χ2n) is 6.72. The van der Waals surface area contributed by atoms with Gasteiger partial charge >= 0.3 is 0 Å². The average molecular weight is 346 g/mol. The molecule has 134 valence electrons. The summed E-state index contributed by atoms with van der Waals surface area (Å²) in [5.41, 5.74) is -0.0223. The summed E-state index contributed by atoms with van der Waals surface area (Å²) in [7, 11) is 0. The number of amides is 1. The molecule has 0 N–H and O–H groups in total. The lowest BCUT2D eigenvalue weighted by Gasteiger charge is -2.43. The molecule has 7 nitrogen and oxygen atoms in total. The van der Waals surface area contributed by atoms with Gasteiger partial charge in [0.05, 0.1) is 4.92 Å². The van der Waals surface area contributed by atoms with E-state index in [0.29, 0.717) is 18.7 Å². The topological polar surface area (TPSA) is 89.8 Å². The number of non-ortho nitro benzene ring substituents is 1. The summed E-state index contributed by atoms with van der Waals surface area (Å²) in [4.78, 5) is 37.0. The van der Waals surface area contributed by atoms with Gasteiger partial charge in [-0.3, -0.25) is 19.7 Å². The molecule has 1 aliphatic carbocycles. The number of likely N-dealkylation sites (tertiary alicyclic amines) is 1.